The predicted octanol–water partition coefficient (Wildman–Crippen LogP) is 2.97. The van der Waals surface area contributed by atoms with Gasteiger partial charge in [0.1, 0.15) is 0 Å². The van der Waals surface area contributed by atoms with Gasteiger partial charge in [-0.1, -0.05) is 0 Å². The molecule has 0 bridgehead atoms. The number of hydrogen-bond acceptors (Lipinski definition) is 3. The first-order valence-corrected chi connectivity index (χ1v) is 7.57. The molecule has 3 rings (SSSR count). The molecule has 1 amide bonds. The van der Waals surface area contributed by atoms with Crippen LogP contribution in [0.25, 0.3) is 5.69 Å². The van der Waals surface area contributed by atoms with Crippen LogP contribution in [0.3, 0.4) is 0 Å². The maximum atomic E-state index is 13.0. The highest BCUT2D eigenvalue weighted by Crippen LogP contribution is 2.43. The van der Waals surface area contributed by atoms with Gasteiger partial charge in [0.25, 0.3) is 0 Å². The number of aryl methyl sites for hydroxylation is 1. The number of anilines is 1. The molecule has 0 N–H and O–H groups in total. The minimum atomic E-state index is -2.70. The van der Waals surface area contributed by atoms with E-state index in [0.29, 0.717) is 17.9 Å². The molecule has 1 aliphatic rings. The fourth-order valence-electron chi connectivity index (χ4n) is 2.84. The van der Waals surface area contributed by atoms with E-state index in [9.17, 15) is 13.6 Å². The zero-order valence-corrected chi connectivity index (χ0v) is 13.0. The smallest absolute Gasteiger partial charge is 0.249 e. The second-order valence-electron chi connectivity index (χ2n) is 5.80. The van der Waals surface area contributed by atoms with E-state index in [1.165, 1.54) is 4.90 Å². The summed E-state index contributed by atoms with van der Waals surface area (Å²) >= 11 is 0. The Hall–Kier alpha value is -2.31. The Morgan fingerprint density at radius 2 is 2.22 bits per heavy atom. The maximum absolute atomic E-state index is 13.0. The third kappa shape index (κ3) is 2.95. The van der Waals surface area contributed by atoms with E-state index in [0.717, 1.165) is 5.69 Å². The van der Waals surface area contributed by atoms with E-state index in [2.05, 4.69) is 10.1 Å². The minimum absolute atomic E-state index is 0.257. The molecule has 0 radical (unpaired) electrons. The van der Waals surface area contributed by atoms with Crippen LogP contribution in [0.4, 0.5) is 14.5 Å². The standard InChI is InChI=1S/C16H18F2N4O/c1-3-21(15(23)12-7-16(17,18)8-12)14-10-22(20-11(14)2)13-5-4-6-19-9-13/h4-6,9-10,12H,3,7-8H2,1-2H3. The molecule has 0 spiro atoms. The average molecular weight is 320 g/mol. The Balaban J connectivity index is 1.85. The van der Waals surface area contributed by atoms with Crippen LogP contribution in [0, 0.1) is 12.8 Å². The summed E-state index contributed by atoms with van der Waals surface area (Å²) in [6.45, 7) is 4.05. The summed E-state index contributed by atoms with van der Waals surface area (Å²) in [4.78, 5) is 18.1. The Morgan fingerprint density at radius 3 is 2.78 bits per heavy atom. The molecule has 0 saturated heterocycles. The Morgan fingerprint density at radius 1 is 1.48 bits per heavy atom. The quantitative estimate of drug-likeness (QED) is 0.870. The Bertz CT molecular complexity index is 706. The van der Waals surface area contributed by atoms with Gasteiger partial charge in [-0.15, -0.1) is 0 Å². The highest BCUT2D eigenvalue weighted by atomic mass is 19.3. The van der Waals surface area contributed by atoms with Crippen LogP contribution in [-0.2, 0) is 4.79 Å². The lowest BCUT2D eigenvalue weighted by atomic mass is 9.80. The van der Waals surface area contributed by atoms with Crippen LogP contribution < -0.4 is 4.90 Å². The van der Waals surface area contributed by atoms with Gasteiger partial charge in [0.05, 0.1) is 29.5 Å². The van der Waals surface area contributed by atoms with Gasteiger partial charge in [0, 0.05) is 31.5 Å². The van der Waals surface area contributed by atoms with Crippen molar-refractivity contribution in [1.29, 1.82) is 0 Å². The monoisotopic (exact) mass is 320 g/mol. The molecule has 0 aliphatic heterocycles. The van der Waals surface area contributed by atoms with Crippen molar-refractivity contribution < 1.29 is 13.6 Å². The molecule has 23 heavy (non-hydrogen) atoms. The maximum Gasteiger partial charge on any atom is 0.249 e. The molecule has 5 nitrogen and oxygen atoms in total. The summed E-state index contributed by atoms with van der Waals surface area (Å²) in [5, 5.41) is 4.40. The van der Waals surface area contributed by atoms with Gasteiger partial charge in [0.15, 0.2) is 0 Å². The van der Waals surface area contributed by atoms with E-state index in [1.807, 2.05) is 13.0 Å². The molecule has 2 heterocycles. The minimum Gasteiger partial charge on any atom is -0.309 e. The fourth-order valence-corrected chi connectivity index (χ4v) is 2.84. The van der Waals surface area contributed by atoms with Crippen LogP contribution in [0.5, 0.6) is 0 Å². The van der Waals surface area contributed by atoms with Crippen molar-refractivity contribution >= 4 is 11.6 Å². The number of carbonyl (C=O) groups is 1. The molecule has 1 saturated carbocycles. The van der Waals surface area contributed by atoms with Crippen molar-refractivity contribution in [3.05, 3.63) is 36.4 Å². The fraction of sp³-hybridized carbons (Fsp3) is 0.438. The predicted molar refractivity (Wildman–Crippen MR) is 81.8 cm³/mol. The van der Waals surface area contributed by atoms with Crippen LogP contribution in [0.1, 0.15) is 25.5 Å². The van der Waals surface area contributed by atoms with Crippen LogP contribution in [0.15, 0.2) is 30.7 Å². The first-order valence-electron chi connectivity index (χ1n) is 7.57. The highest BCUT2D eigenvalue weighted by Gasteiger charge is 2.50. The molecule has 1 aliphatic carbocycles. The van der Waals surface area contributed by atoms with Crippen molar-refractivity contribution in [2.75, 3.05) is 11.4 Å². The number of alkyl halides is 2. The van der Waals surface area contributed by atoms with Crippen molar-refractivity contribution in [3.8, 4) is 5.69 Å². The molecular formula is C16H18F2N4O. The molecule has 0 aromatic carbocycles. The average Bonchev–Trinajstić information content (AvgIpc) is 2.88. The van der Waals surface area contributed by atoms with Gasteiger partial charge < -0.3 is 4.90 Å². The van der Waals surface area contributed by atoms with E-state index < -0.39 is 11.8 Å². The van der Waals surface area contributed by atoms with Gasteiger partial charge in [-0.05, 0) is 26.0 Å². The summed E-state index contributed by atoms with van der Waals surface area (Å²) in [6.07, 6.45) is 4.35. The van der Waals surface area contributed by atoms with Gasteiger partial charge in [-0.2, -0.15) is 5.10 Å². The molecule has 7 heteroatoms. The molecule has 2 aromatic rings. The van der Waals surface area contributed by atoms with Gasteiger partial charge >= 0.3 is 0 Å². The highest BCUT2D eigenvalue weighted by molar-refractivity contribution is 5.96. The second-order valence-corrected chi connectivity index (χ2v) is 5.80. The lowest BCUT2D eigenvalue weighted by Crippen LogP contribution is -2.47. The number of pyridine rings is 1. The van der Waals surface area contributed by atoms with Crippen molar-refractivity contribution in [1.82, 2.24) is 14.8 Å². The molecule has 2 aromatic heterocycles. The lowest BCUT2D eigenvalue weighted by molar-refractivity contribution is -0.147. The number of hydrogen-bond donors (Lipinski definition) is 0. The number of aromatic nitrogens is 3. The summed E-state index contributed by atoms with van der Waals surface area (Å²) in [7, 11) is 0. The van der Waals surface area contributed by atoms with Crippen LogP contribution in [-0.4, -0.2) is 33.1 Å². The summed E-state index contributed by atoms with van der Waals surface area (Å²) in [5.41, 5.74) is 2.10. The third-order valence-electron chi connectivity index (χ3n) is 4.10. The molecule has 122 valence electrons. The molecule has 0 unspecified atom stereocenters. The zero-order chi connectivity index (χ0) is 16.6. The van der Waals surface area contributed by atoms with Crippen LogP contribution >= 0.6 is 0 Å². The lowest BCUT2D eigenvalue weighted by Gasteiger charge is -2.36. The third-order valence-corrected chi connectivity index (χ3v) is 4.10. The summed E-state index contributed by atoms with van der Waals surface area (Å²) < 4.78 is 27.7. The number of nitrogens with zero attached hydrogens (tertiary/aromatic N) is 4. The number of rotatable bonds is 4. The number of halogens is 2. The molecule has 1 fully saturated rings. The first-order chi connectivity index (χ1) is 10.9. The SMILES string of the molecule is CCN(C(=O)C1CC(F)(F)C1)c1cn(-c2cccnc2)nc1C. The van der Waals surface area contributed by atoms with E-state index in [4.69, 9.17) is 0 Å². The largest absolute Gasteiger partial charge is 0.309 e. The Labute approximate surface area is 132 Å². The summed E-state index contributed by atoms with van der Waals surface area (Å²) in [6, 6.07) is 3.65. The molecular weight excluding hydrogens is 302 g/mol. The van der Waals surface area contributed by atoms with Crippen molar-refractivity contribution in [2.45, 2.75) is 32.6 Å². The van der Waals surface area contributed by atoms with Crippen molar-refractivity contribution in [3.63, 3.8) is 0 Å². The van der Waals surface area contributed by atoms with E-state index in [1.54, 1.807) is 36.3 Å². The van der Waals surface area contributed by atoms with E-state index in [-0.39, 0.29) is 18.7 Å². The number of carbonyl (C=O) groups excluding carboxylic acids is 1. The topological polar surface area (TPSA) is 51.0 Å². The van der Waals surface area contributed by atoms with Gasteiger partial charge in [-0.25, -0.2) is 13.5 Å². The second kappa shape index (κ2) is 5.72. The van der Waals surface area contributed by atoms with Crippen LogP contribution in [0.2, 0.25) is 0 Å². The van der Waals surface area contributed by atoms with E-state index >= 15 is 0 Å². The van der Waals surface area contributed by atoms with Gasteiger partial charge in [0.2, 0.25) is 11.8 Å². The normalized spacial score (nSPS) is 16.9. The Kier molecular flexibility index (Phi) is 3.87. The number of amides is 1. The first kappa shape index (κ1) is 15.6. The zero-order valence-electron chi connectivity index (χ0n) is 13.0. The summed E-state index contributed by atoms with van der Waals surface area (Å²) in [5.74, 6) is -3.56. The van der Waals surface area contributed by atoms with Gasteiger partial charge in [-0.3, -0.25) is 9.78 Å². The molecule has 0 atom stereocenters. The van der Waals surface area contributed by atoms with Crippen molar-refractivity contribution in [2.24, 2.45) is 5.92 Å².